The van der Waals surface area contributed by atoms with Crippen molar-refractivity contribution in [2.45, 2.75) is 13.0 Å². The monoisotopic (exact) mass is 330 g/mol. The molecule has 0 saturated carbocycles. The molecule has 0 aliphatic carbocycles. The van der Waals surface area contributed by atoms with Crippen LogP contribution in [0, 0.1) is 0 Å². The lowest BCUT2D eigenvalue weighted by Crippen LogP contribution is -2.53. The van der Waals surface area contributed by atoms with Crippen molar-refractivity contribution in [2.75, 3.05) is 25.1 Å². The Morgan fingerprint density at radius 3 is 2.91 bits per heavy atom. The third-order valence-electron chi connectivity index (χ3n) is 3.82. The van der Waals surface area contributed by atoms with Gasteiger partial charge in [-0.25, -0.2) is 0 Å². The third kappa shape index (κ3) is 3.60. The van der Waals surface area contributed by atoms with Gasteiger partial charge in [-0.3, -0.25) is 9.59 Å². The number of benzene rings is 1. The smallest absolute Gasteiger partial charge is 0.249 e. The SMILES string of the molecule is CC(=O)N1CCOCC1C(=O)Nc1cccc(-c2ccsc2)c1. The molecule has 0 radical (unpaired) electrons. The highest BCUT2D eigenvalue weighted by atomic mass is 32.1. The number of nitrogens with zero attached hydrogens (tertiary/aromatic N) is 1. The molecule has 2 amide bonds. The molecule has 1 N–H and O–H groups in total. The summed E-state index contributed by atoms with van der Waals surface area (Å²) in [5.74, 6) is -0.331. The quantitative estimate of drug-likeness (QED) is 0.941. The lowest BCUT2D eigenvalue weighted by molar-refractivity contribution is -0.144. The molecule has 23 heavy (non-hydrogen) atoms. The predicted octanol–water partition coefficient (Wildman–Crippen LogP) is 2.60. The highest BCUT2D eigenvalue weighted by Crippen LogP contribution is 2.25. The summed E-state index contributed by atoms with van der Waals surface area (Å²) in [7, 11) is 0. The van der Waals surface area contributed by atoms with Crippen molar-refractivity contribution in [3.8, 4) is 11.1 Å². The highest BCUT2D eigenvalue weighted by molar-refractivity contribution is 7.08. The Morgan fingerprint density at radius 2 is 2.17 bits per heavy atom. The van der Waals surface area contributed by atoms with Crippen LogP contribution >= 0.6 is 11.3 Å². The van der Waals surface area contributed by atoms with Crippen molar-refractivity contribution in [3.63, 3.8) is 0 Å². The van der Waals surface area contributed by atoms with Crippen LogP contribution in [0.25, 0.3) is 11.1 Å². The maximum absolute atomic E-state index is 12.5. The minimum absolute atomic E-state index is 0.111. The molecule has 120 valence electrons. The van der Waals surface area contributed by atoms with Gasteiger partial charge in [0.25, 0.3) is 0 Å². The van der Waals surface area contributed by atoms with Gasteiger partial charge in [-0.2, -0.15) is 11.3 Å². The minimum Gasteiger partial charge on any atom is -0.377 e. The fraction of sp³-hybridized carbons (Fsp3) is 0.294. The number of amides is 2. The molecule has 0 spiro atoms. The van der Waals surface area contributed by atoms with Crippen LogP contribution in [0.4, 0.5) is 5.69 Å². The lowest BCUT2D eigenvalue weighted by Gasteiger charge is -2.33. The maximum Gasteiger partial charge on any atom is 0.249 e. The molecule has 2 heterocycles. The van der Waals surface area contributed by atoms with E-state index in [0.29, 0.717) is 18.8 Å². The Kier molecular flexibility index (Phi) is 4.73. The first-order chi connectivity index (χ1) is 11.1. The Hall–Kier alpha value is -2.18. The lowest BCUT2D eigenvalue weighted by atomic mass is 10.1. The van der Waals surface area contributed by atoms with E-state index in [9.17, 15) is 9.59 Å². The predicted molar refractivity (Wildman–Crippen MR) is 90.4 cm³/mol. The molecule has 1 aromatic carbocycles. The van der Waals surface area contributed by atoms with Gasteiger partial charge in [0.1, 0.15) is 6.04 Å². The summed E-state index contributed by atoms with van der Waals surface area (Å²) in [4.78, 5) is 25.7. The third-order valence-corrected chi connectivity index (χ3v) is 4.50. The molecule has 1 aromatic heterocycles. The van der Waals surface area contributed by atoms with Crippen molar-refractivity contribution in [1.29, 1.82) is 0 Å². The van der Waals surface area contributed by atoms with Crippen LogP contribution < -0.4 is 5.32 Å². The number of thiophene rings is 1. The molecule has 1 fully saturated rings. The second-order valence-corrected chi connectivity index (χ2v) is 6.17. The molecule has 0 bridgehead atoms. The number of nitrogens with one attached hydrogen (secondary N) is 1. The van der Waals surface area contributed by atoms with Gasteiger partial charge >= 0.3 is 0 Å². The largest absolute Gasteiger partial charge is 0.377 e. The van der Waals surface area contributed by atoms with Gasteiger partial charge in [-0.05, 0) is 40.1 Å². The van der Waals surface area contributed by atoms with E-state index in [1.165, 1.54) is 6.92 Å². The van der Waals surface area contributed by atoms with E-state index < -0.39 is 6.04 Å². The second-order valence-electron chi connectivity index (χ2n) is 5.39. The molecule has 1 unspecified atom stereocenters. The topological polar surface area (TPSA) is 58.6 Å². The summed E-state index contributed by atoms with van der Waals surface area (Å²) in [6.07, 6.45) is 0. The number of hydrogen-bond donors (Lipinski definition) is 1. The normalized spacial score (nSPS) is 17.8. The Balaban J connectivity index is 1.75. The number of carbonyl (C=O) groups excluding carboxylic acids is 2. The molecule has 1 aliphatic heterocycles. The molecule has 1 atom stereocenters. The highest BCUT2D eigenvalue weighted by Gasteiger charge is 2.31. The van der Waals surface area contributed by atoms with Crippen LogP contribution in [0.2, 0.25) is 0 Å². The summed E-state index contributed by atoms with van der Waals surface area (Å²) in [5.41, 5.74) is 2.89. The van der Waals surface area contributed by atoms with E-state index in [1.54, 1.807) is 16.2 Å². The number of ether oxygens (including phenoxy) is 1. The summed E-state index contributed by atoms with van der Waals surface area (Å²) in [6, 6.07) is 9.15. The molecular weight excluding hydrogens is 312 g/mol. The van der Waals surface area contributed by atoms with Gasteiger partial charge in [-0.15, -0.1) is 0 Å². The fourth-order valence-corrected chi connectivity index (χ4v) is 3.29. The molecule has 2 aromatic rings. The first kappa shape index (κ1) is 15.7. The standard InChI is InChI=1S/C17H18N2O3S/c1-12(20)19-6-7-22-10-16(19)17(21)18-15-4-2-3-13(9-15)14-5-8-23-11-14/h2-5,8-9,11,16H,6-7,10H2,1H3,(H,18,21). The van der Waals surface area contributed by atoms with Gasteiger partial charge in [-0.1, -0.05) is 12.1 Å². The number of anilines is 1. The zero-order valence-electron chi connectivity index (χ0n) is 12.8. The minimum atomic E-state index is -0.578. The number of carbonyl (C=O) groups is 2. The molecule has 3 rings (SSSR count). The van der Waals surface area contributed by atoms with Gasteiger partial charge in [0.05, 0.1) is 13.2 Å². The summed E-state index contributed by atoms with van der Waals surface area (Å²) < 4.78 is 5.35. The van der Waals surface area contributed by atoms with Gasteiger partial charge in [0, 0.05) is 19.2 Å². The molecule has 1 saturated heterocycles. The van der Waals surface area contributed by atoms with Crippen LogP contribution in [-0.2, 0) is 14.3 Å². The zero-order chi connectivity index (χ0) is 16.2. The van der Waals surface area contributed by atoms with E-state index in [1.807, 2.05) is 35.7 Å². The van der Waals surface area contributed by atoms with Crippen molar-refractivity contribution in [3.05, 3.63) is 41.1 Å². The van der Waals surface area contributed by atoms with E-state index in [2.05, 4.69) is 10.7 Å². The first-order valence-electron chi connectivity index (χ1n) is 7.43. The number of hydrogen-bond acceptors (Lipinski definition) is 4. The summed E-state index contributed by atoms with van der Waals surface area (Å²) >= 11 is 1.63. The van der Waals surface area contributed by atoms with Crippen LogP contribution in [0.15, 0.2) is 41.1 Å². The van der Waals surface area contributed by atoms with Crippen molar-refractivity contribution < 1.29 is 14.3 Å². The van der Waals surface area contributed by atoms with Crippen molar-refractivity contribution in [1.82, 2.24) is 4.90 Å². The van der Waals surface area contributed by atoms with Crippen LogP contribution in [0.3, 0.4) is 0 Å². The van der Waals surface area contributed by atoms with Gasteiger partial charge in [0.2, 0.25) is 11.8 Å². The maximum atomic E-state index is 12.5. The fourth-order valence-electron chi connectivity index (χ4n) is 2.63. The van der Waals surface area contributed by atoms with Crippen molar-refractivity contribution >= 4 is 28.8 Å². The Bertz CT molecular complexity index is 700. The van der Waals surface area contributed by atoms with Gasteiger partial charge in [0.15, 0.2) is 0 Å². The Morgan fingerprint density at radius 1 is 1.30 bits per heavy atom. The van der Waals surface area contributed by atoms with Crippen LogP contribution in [-0.4, -0.2) is 42.5 Å². The second kappa shape index (κ2) is 6.93. The number of rotatable bonds is 3. The molecule has 5 nitrogen and oxygen atoms in total. The van der Waals surface area contributed by atoms with E-state index in [4.69, 9.17) is 4.74 Å². The first-order valence-corrected chi connectivity index (χ1v) is 8.38. The Labute approximate surface area is 138 Å². The average Bonchev–Trinajstić information content (AvgIpc) is 3.09. The van der Waals surface area contributed by atoms with E-state index in [-0.39, 0.29) is 18.4 Å². The van der Waals surface area contributed by atoms with E-state index in [0.717, 1.165) is 11.1 Å². The summed E-state index contributed by atoms with van der Waals surface area (Å²) in [6.45, 7) is 2.62. The van der Waals surface area contributed by atoms with Crippen LogP contribution in [0.5, 0.6) is 0 Å². The van der Waals surface area contributed by atoms with E-state index >= 15 is 0 Å². The zero-order valence-corrected chi connectivity index (χ0v) is 13.6. The molecule has 6 heteroatoms. The average molecular weight is 330 g/mol. The summed E-state index contributed by atoms with van der Waals surface area (Å²) in [5, 5.41) is 6.97. The van der Waals surface area contributed by atoms with Gasteiger partial charge < -0.3 is 15.0 Å². The molecule has 1 aliphatic rings. The van der Waals surface area contributed by atoms with Crippen LogP contribution in [0.1, 0.15) is 6.92 Å². The molecular formula is C17H18N2O3S. The van der Waals surface area contributed by atoms with Crippen molar-refractivity contribution in [2.24, 2.45) is 0 Å². The number of morpholine rings is 1.